The number of halogens is 1. The lowest BCUT2D eigenvalue weighted by Crippen LogP contribution is -2.32. The summed E-state index contributed by atoms with van der Waals surface area (Å²) in [6.45, 7) is 4.42. The van der Waals surface area contributed by atoms with Gasteiger partial charge in [0.25, 0.3) is 0 Å². The van der Waals surface area contributed by atoms with Gasteiger partial charge in [-0.05, 0) is 56.0 Å². The summed E-state index contributed by atoms with van der Waals surface area (Å²) in [5, 5.41) is 13.7. The van der Waals surface area contributed by atoms with Crippen molar-refractivity contribution in [1.82, 2.24) is 20.1 Å². The van der Waals surface area contributed by atoms with Crippen LogP contribution < -0.4 is 5.32 Å². The Morgan fingerprint density at radius 2 is 1.91 bits per heavy atom. The van der Waals surface area contributed by atoms with Gasteiger partial charge in [0, 0.05) is 17.1 Å². The van der Waals surface area contributed by atoms with Gasteiger partial charge < -0.3 is 5.32 Å². The van der Waals surface area contributed by atoms with E-state index in [4.69, 9.17) is 0 Å². The van der Waals surface area contributed by atoms with Crippen LogP contribution in [-0.4, -0.2) is 32.5 Å². The van der Waals surface area contributed by atoms with E-state index in [1.54, 1.807) is 34.1 Å². The highest BCUT2D eigenvalue weighted by atomic mass is 32.2. The number of amides is 1. The number of thiophene rings is 1. The van der Waals surface area contributed by atoms with Gasteiger partial charge in [0.15, 0.2) is 11.0 Å². The molecule has 8 heteroatoms. The Morgan fingerprint density at radius 3 is 2.62 bits per heavy atom. The SMILES string of the molecule is Cc1ccc(-n2c(S[C@@H](C)C(=O)NCCc3cccs3)nnc2-c2ccccc2F)cc1. The van der Waals surface area contributed by atoms with Crippen molar-refractivity contribution >= 4 is 29.0 Å². The van der Waals surface area contributed by atoms with Gasteiger partial charge in [-0.3, -0.25) is 9.36 Å². The highest BCUT2D eigenvalue weighted by Crippen LogP contribution is 2.31. The molecule has 0 radical (unpaired) electrons. The second kappa shape index (κ2) is 10.1. The minimum atomic E-state index is -0.389. The monoisotopic (exact) mass is 466 g/mol. The van der Waals surface area contributed by atoms with E-state index in [1.165, 1.54) is 22.7 Å². The smallest absolute Gasteiger partial charge is 0.233 e. The van der Waals surface area contributed by atoms with E-state index in [9.17, 15) is 9.18 Å². The van der Waals surface area contributed by atoms with Crippen molar-refractivity contribution in [2.45, 2.75) is 30.7 Å². The molecule has 0 fully saturated rings. The Labute approximate surface area is 194 Å². The first kappa shape index (κ1) is 22.2. The number of aromatic nitrogens is 3. The molecule has 1 atom stereocenters. The normalized spacial score (nSPS) is 12.0. The first-order valence-electron chi connectivity index (χ1n) is 10.3. The number of nitrogens with one attached hydrogen (secondary N) is 1. The summed E-state index contributed by atoms with van der Waals surface area (Å²) < 4.78 is 16.3. The van der Waals surface area contributed by atoms with Gasteiger partial charge in [0.1, 0.15) is 5.82 Å². The molecule has 0 saturated carbocycles. The van der Waals surface area contributed by atoms with Crippen molar-refractivity contribution in [3.63, 3.8) is 0 Å². The lowest BCUT2D eigenvalue weighted by molar-refractivity contribution is -0.120. The summed E-state index contributed by atoms with van der Waals surface area (Å²) in [7, 11) is 0. The average Bonchev–Trinajstić information content (AvgIpc) is 3.45. The van der Waals surface area contributed by atoms with Crippen molar-refractivity contribution in [3.8, 4) is 17.1 Å². The number of hydrogen-bond donors (Lipinski definition) is 1. The molecular weight excluding hydrogens is 443 g/mol. The van der Waals surface area contributed by atoms with Crippen LogP contribution in [0.15, 0.2) is 71.2 Å². The Kier molecular flexibility index (Phi) is 7.02. The van der Waals surface area contributed by atoms with E-state index >= 15 is 0 Å². The zero-order valence-corrected chi connectivity index (χ0v) is 19.4. The fourth-order valence-corrected chi connectivity index (χ4v) is 4.81. The minimum absolute atomic E-state index is 0.0718. The van der Waals surface area contributed by atoms with E-state index in [1.807, 2.05) is 49.6 Å². The maximum Gasteiger partial charge on any atom is 0.233 e. The number of aryl methyl sites for hydroxylation is 1. The second-order valence-electron chi connectivity index (χ2n) is 7.34. The molecule has 4 aromatic rings. The van der Waals surface area contributed by atoms with Crippen LogP contribution in [0.5, 0.6) is 0 Å². The molecule has 0 aliphatic heterocycles. The van der Waals surface area contributed by atoms with Crippen LogP contribution in [0.25, 0.3) is 17.1 Å². The summed E-state index contributed by atoms with van der Waals surface area (Å²) in [4.78, 5) is 13.9. The number of thioether (sulfide) groups is 1. The number of nitrogens with zero attached hydrogens (tertiary/aromatic N) is 3. The molecule has 0 spiro atoms. The van der Waals surface area contributed by atoms with Crippen LogP contribution >= 0.6 is 23.1 Å². The molecule has 4 rings (SSSR count). The van der Waals surface area contributed by atoms with E-state index in [2.05, 4.69) is 21.6 Å². The third kappa shape index (κ3) is 5.08. The standard InChI is InChI=1S/C24H23FN4OS2/c1-16-9-11-18(12-10-16)29-22(20-7-3-4-8-21(20)25)27-28-24(29)32-17(2)23(30)26-14-13-19-6-5-15-31-19/h3-12,15,17H,13-14H2,1-2H3,(H,26,30)/t17-/m0/s1. The summed E-state index contributed by atoms with van der Waals surface area (Å²) in [5.41, 5.74) is 2.29. The van der Waals surface area contributed by atoms with Crippen molar-refractivity contribution in [3.05, 3.63) is 82.3 Å². The molecule has 0 aliphatic rings. The summed E-state index contributed by atoms with van der Waals surface area (Å²) in [5.74, 6) is -0.0404. The third-order valence-corrected chi connectivity index (χ3v) is 6.92. The quantitative estimate of drug-likeness (QED) is 0.359. The highest BCUT2D eigenvalue weighted by Gasteiger charge is 2.23. The molecule has 0 unspecified atom stereocenters. The van der Waals surface area contributed by atoms with E-state index in [0.29, 0.717) is 23.1 Å². The van der Waals surface area contributed by atoms with Crippen LogP contribution in [-0.2, 0) is 11.2 Å². The first-order valence-corrected chi connectivity index (χ1v) is 12.0. The lowest BCUT2D eigenvalue weighted by atomic mass is 10.2. The van der Waals surface area contributed by atoms with Gasteiger partial charge in [0.2, 0.25) is 5.91 Å². The van der Waals surface area contributed by atoms with Crippen LogP contribution in [0.3, 0.4) is 0 Å². The molecular formula is C24H23FN4OS2. The van der Waals surface area contributed by atoms with Crippen LogP contribution in [0.2, 0.25) is 0 Å². The van der Waals surface area contributed by atoms with Gasteiger partial charge in [0.05, 0.1) is 10.8 Å². The Morgan fingerprint density at radius 1 is 1.12 bits per heavy atom. The molecule has 164 valence electrons. The summed E-state index contributed by atoms with van der Waals surface area (Å²) in [6.07, 6.45) is 0.803. The number of carbonyl (C=O) groups excluding carboxylic acids is 1. The predicted molar refractivity (Wildman–Crippen MR) is 128 cm³/mol. The molecule has 0 aliphatic carbocycles. The fourth-order valence-electron chi connectivity index (χ4n) is 3.21. The molecule has 2 heterocycles. The summed E-state index contributed by atoms with van der Waals surface area (Å²) >= 11 is 2.98. The molecule has 2 aromatic heterocycles. The average molecular weight is 467 g/mol. The number of hydrogen-bond acceptors (Lipinski definition) is 5. The maximum absolute atomic E-state index is 14.5. The fraction of sp³-hybridized carbons (Fsp3) is 0.208. The topological polar surface area (TPSA) is 59.8 Å². The van der Waals surface area contributed by atoms with Gasteiger partial charge in [-0.1, -0.05) is 47.7 Å². The number of carbonyl (C=O) groups is 1. The van der Waals surface area contributed by atoms with Crippen molar-refractivity contribution in [1.29, 1.82) is 0 Å². The molecule has 32 heavy (non-hydrogen) atoms. The molecule has 0 bridgehead atoms. The zero-order valence-electron chi connectivity index (χ0n) is 17.8. The van der Waals surface area contributed by atoms with E-state index in [0.717, 1.165) is 17.7 Å². The van der Waals surface area contributed by atoms with Gasteiger partial charge in [-0.2, -0.15) is 0 Å². The minimum Gasteiger partial charge on any atom is -0.355 e. The lowest BCUT2D eigenvalue weighted by Gasteiger charge is -2.14. The van der Waals surface area contributed by atoms with Gasteiger partial charge >= 0.3 is 0 Å². The Balaban J connectivity index is 1.57. The van der Waals surface area contributed by atoms with Crippen molar-refractivity contribution < 1.29 is 9.18 Å². The third-order valence-electron chi connectivity index (χ3n) is 4.94. The van der Waals surface area contributed by atoms with Crippen LogP contribution in [0.1, 0.15) is 17.4 Å². The highest BCUT2D eigenvalue weighted by molar-refractivity contribution is 8.00. The molecule has 1 N–H and O–H groups in total. The maximum atomic E-state index is 14.5. The largest absolute Gasteiger partial charge is 0.355 e. The van der Waals surface area contributed by atoms with Crippen LogP contribution in [0.4, 0.5) is 4.39 Å². The predicted octanol–water partition coefficient (Wildman–Crippen LogP) is 5.28. The van der Waals surface area contributed by atoms with E-state index < -0.39 is 0 Å². The van der Waals surface area contributed by atoms with Gasteiger partial charge in [-0.25, -0.2) is 4.39 Å². The Hall–Kier alpha value is -2.97. The number of benzene rings is 2. The second-order valence-corrected chi connectivity index (χ2v) is 9.68. The molecule has 0 saturated heterocycles. The molecule has 2 aromatic carbocycles. The van der Waals surface area contributed by atoms with Crippen molar-refractivity contribution in [2.24, 2.45) is 0 Å². The number of rotatable bonds is 8. The summed E-state index contributed by atoms with van der Waals surface area (Å²) in [6, 6.07) is 18.4. The Bertz CT molecular complexity index is 1190. The van der Waals surface area contributed by atoms with Gasteiger partial charge in [-0.15, -0.1) is 21.5 Å². The molecule has 5 nitrogen and oxygen atoms in total. The van der Waals surface area contributed by atoms with Crippen LogP contribution in [0, 0.1) is 12.7 Å². The van der Waals surface area contributed by atoms with Crippen molar-refractivity contribution in [2.75, 3.05) is 6.54 Å². The van der Waals surface area contributed by atoms with E-state index in [-0.39, 0.29) is 17.0 Å². The first-order chi connectivity index (χ1) is 15.5. The molecule has 1 amide bonds. The zero-order chi connectivity index (χ0) is 22.5.